The van der Waals surface area contributed by atoms with E-state index in [9.17, 15) is 9.59 Å². The molecule has 124 valence electrons. The number of carbonyl (C=O) groups is 2. The second-order valence-corrected chi connectivity index (χ2v) is 5.79. The van der Waals surface area contributed by atoms with Crippen LogP contribution >= 0.6 is 0 Å². The summed E-state index contributed by atoms with van der Waals surface area (Å²) in [5.74, 6) is 0.0398. The first-order chi connectivity index (χ1) is 11.6. The zero-order valence-electron chi connectivity index (χ0n) is 13.4. The third-order valence-electron chi connectivity index (χ3n) is 4.04. The summed E-state index contributed by atoms with van der Waals surface area (Å²) in [4.78, 5) is 25.9. The maximum Gasteiger partial charge on any atom is 0.245 e. The summed E-state index contributed by atoms with van der Waals surface area (Å²) in [7, 11) is 0. The van der Waals surface area contributed by atoms with E-state index in [1.807, 2.05) is 43.3 Å². The minimum Gasteiger partial charge on any atom is -0.467 e. The van der Waals surface area contributed by atoms with Gasteiger partial charge in [-0.05, 0) is 24.6 Å². The molecule has 6 heteroatoms. The van der Waals surface area contributed by atoms with E-state index in [-0.39, 0.29) is 24.2 Å². The Balaban J connectivity index is 1.57. The van der Waals surface area contributed by atoms with Crippen molar-refractivity contribution in [1.82, 2.24) is 10.3 Å². The number of amides is 2. The Hall–Kier alpha value is -2.89. The minimum absolute atomic E-state index is 0.0460. The topological polar surface area (TPSA) is 74.9 Å². The predicted octanol–water partition coefficient (Wildman–Crippen LogP) is 2.17. The van der Waals surface area contributed by atoms with Gasteiger partial charge in [0.1, 0.15) is 5.76 Å². The molecule has 1 aliphatic rings. The summed E-state index contributed by atoms with van der Waals surface area (Å²) in [6.45, 7) is 2.60. The van der Waals surface area contributed by atoms with Crippen molar-refractivity contribution in [2.45, 2.75) is 19.9 Å². The Labute approximate surface area is 140 Å². The lowest BCUT2D eigenvalue weighted by molar-refractivity contribution is -0.129. The van der Waals surface area contributed by atoms with Gasteiger partial charge in [0, 0.05) is 13.0 Å². The molecule has 1 atom stereocenters. The van der Waals surface area contributed by atoms with E-state index in [0.717, 1.165) is 11.3 Å². The van der Waals surface area contributed by atoms with Crippen LogP contribution in [0, 0.1) is 5.92 Å². The van der Waals surface area contributed by atoms with Crippen molar-refractivity contribution in [3.8, 4) is 0 Å². The lowest BCUT2D eigenvalue weighted by atomic mass is 10.1. The van der Waals surface area contributed by atoms with Gasteiger partial charge in [-0.25, -0.2) is 5.43 Å². The fraction of sp³-hybridized carbons (Fsp3) is 0.278. The van der Waals surface area contributed by atoms with Crippen LogP contribution in [0.4, 0.5) is 0 Å². The Morgan fingerprint density at radius 3 is 2.79 bits per heavy atom. The number of hydrogen-bond acceptors (Lipinski definition) is 4. The van der Waals surface area contributed by atoms with Gasteiger partial charge >= 0.3 is 0 Å². The molecular weight excluding hydrogens is 306 g/mol. The monoisotopic (exact) mass is 325 g/mol. The summed E-state index contributed by atoms with van der Waals surface area (Å²) < 4.78 is 5.25. The van der Waals surface area contributed by atoms with Crippen molar-refractivity contribution >= 4 is 17.5 Å². The van der Waals surface area contributed by atoms with Crippen LogP contribution in [0.2, 0.25) is 0 Å². The van der Waals surface area contributed by atoms with Gasteiger partial charge < -0.3 is 9.32 Å². The summed E-state index contributed by atoms with van der Waals surface area (Å²) in [5, 5.41) is 4.13. The predicted molar refractivity (Wildman–Crippen MR) is 89.0 cm³/mol. The molecule has 0 saturated carbocycles. The molecule has 2 amide bonds. The van der Waals surface area contributed by atoms with Gasteiger partial charge in [-0.15, -0.1) is 0 Å². The van der Waals surface area contributed by atoms with Crippen molar-refractivity contribution in [2.75, 3.05) is 6.54 Å². The van der Waals surface area contributed by atoms with Crippen molar-refractivity contribution in [3.05, 3.63) is 60.1 Å². The molecule has 0 aliphatic carbocycles. The fourth-order valence-electron chi connectivity index (χ4n) is 2.67. The zero-order valence-corrected chi connectivity index (χ0v) is 13.4. The van der Waals surface area contributed by atoms with Crippen LogP contribution in [-0.4, -0.2) is 29.0 Å². The standard InChI is InChI=1S/C18H19N3O3/c1-13(14-6-3-2-4-7-14)19-20-18(23)15-10-17(22)21(11-15)12-16-8-5-9-24-16/h2-9,15H,10-12H2,1H3,(H,20,23)/b19-13+. The molecule has 2 aromatic rings. The number of nitrogens with one attached hydrogen (secondary N) is 1. The highest BCUT2D eigenvalue weighted by molar-refractivity contribution is 5.99. The van der Waals surface area contributed by atoms with Crippen LogP contribution in [0.15, 0.2) is 58.2 Å². The van der Waals surface area contributed by atoms with Gasteiger partial charge in [0.2, 0.25) is 11.8 Å². The molecule has 1 aliphatic heterocycles. The summed E-state index contributed by atoms with van der Waals surface area (Å²) in [6, 6.07) is 13.2. The SMILES string of the molecule is C/C(=N\NC(=O)C1CC(=O)N(Cc2ccco2)C1)c1ccccc1. The molecule has 1 aromatic heterocycles. The third kappa shape index (κ3) is 3.71. The van der Waals surface area contributed by atoms with Gasteiger partial charge in [-0.3, -0.25) is 9.59 Å². The zero-order chi connectivity index (χ0) is 16.9. The van der Waals surface area contributed by atoms with Gasteiger partial charge in [0.05, 0.1) is 24.4 Å². The second-order valence-electron chi connectivity index (χ2n) is 5.79. The van der Waals surface area contributed by atoms with Crippen molar-refractivity contribution in [3.63, 3.8) is 0 Å². The highest BCUT2D eigenvalue weighted by Gasteiger charge is 2.34. The van der Waals surface area contributed by atoms with E-state index < -0.39 is 0 Å². The smallest absolute Gasteiger partial charge is 0.245 e. The molecule has 0 bridgehead atoms. The van der Waals surface area contributed by atoms with Crippen molar-refractivity contribution in [1.29, 1.82) is 0 Å². The van der Waals surface area contributed by atoms with Crippen LogP contribution in [0.5, 0.6) is 0 Å². The number of furan rings is 1. The molecule has 1 N–H and O–H groups in total. The van der Waals surface area contributed by atoms with Gasteiger partial charge in [0.15, 0.2) is 0 Å². The number of carbonyl (C=O) groups excluding carboxylic acids is 2. The third-order valence-corrected chi connectivity index (χ3v) is 4.04. The number of benzene rings is 1. The largest absolute Gasteiger partial charge is 0.467 e. The van der Waals surface area contributed by atoms with Crippen LogP contribution in [-0.2, 0) is 16.1 Å². The number of nitrogens with zero attached hydrogens (tertiary/aromatic N) is 2. The average Bonchev–Trinajstić information content (AvgIpc) is 3.24. The fourth-order valence-corrected chi connectivity index (χ4v) is 2.67. The lowest BCUT2D eigenvalue weighted by Gasteiger charge is -2.14. The normalized spacial score (nSPS) is 18.0. The highest BCUT2D eigenvalue weighted by atomic mass is 16.3. The molecule has 1 unspecified atom stereocenters. The first-order valence-corrected chi connectivity index (χ1v) is 7.83. The summed E-state index contributed by atoms with van der Waals surface area (Å²) in [6.07, 6.45) is 1.77. The van der Waals surface area contributed by atoms with Gasteiger partial charge in [-0.2, -0.15) is 5.10 Å². The molecule has 1 aromatic carbocycles. The molecule has 1 fully saturated rings. The van der Waals surface area contributed by atoms with Crippen LogP contribution in [0.25, 0.3) is 0 Å². The first kappa shape index (κ1) is 16.0. The number of hydrazone groups is 1. The van der Waals surface area contributed by atoms with E-state index in [4.69, 9.17) is 4.42 Å². The van der Waals surface area contributed by atoms with E-state index in [1.165, 1.54) is 0 Å². The van der Waals surface area contributed by atoms with Gasteiger partial charge in [0.25, 0.3) is 0 Å². The molecule has 2 heterocycles. The number of hydrogen-bond donors (Lipinski definition) is 1. The molecule has 0 radical (unpaired) electrons. The van der Waals surface area contributed by atoms with Crippen molar-refractivity contribution in [2.24, 2.45) is 11.0 Å². The number of likely N-dealkylation sites (tertiary alicyclic amines) is 1. The minimum atomic E-state index is -0.389. The molecule has 3 rings (SSSR count). The summed E-state index contributed by atoms with van der Waals surface area (Å²) in [5.41, 5.74) is 4.24. The second kappa shape index (κ2) is 7.12. The van der Waals surface area contributed by atoms with E-state index >= 15 is 0 Å². The Morgan fingerprint density at radius 1 is 1.29 bits per heavy atom. The average molecular weight is 325 g/mol. The summed E-state index contributed by atoms with van der Waals surface area (Å²) >= 11 is 0. The van der Waals surface area contributed by atoms with Gasteiger partial charge in [-0.1, -0.05) is 30.3 Å². The lowest BCUT2D eigenvalue weighted by Crippen LogP contribution is -2.30. The quantitative estimate of drug-likeness (QED) is 0.676. The van der Waals surface area contributed by atoms with E-state index in [0.29, 0.717) is 18.8 Å². The van der Waals surface area contributed by atoms with E-state index in [2.05, 4.69) is 10.5 Å². The Bertz CT molecular complexity index is 738. The highest BCUT2D eigenvalue weighted by Crippen LogP contribution is 2.20. The Morgan fingerprint density at radius 2 is 2.08 bits per heavy atom. The van der Waals surface area contributed by atoms with Crippen LogP contribution < -0.4 is 5.43 Å². The molecule has 1 saturated heterocycles. The maximum atomic E-state index is 12.3. The molecule has 0 spiro atoms. The van der Waals surface area contributed by atoms with E-state index in [1.54, 1.807) is 17.2 Å². The van der Waals surface area contributed by atoms with Crippen LogP contribution in [0.3, 0.4) is 0 Å². The maximum absolute atomic E-state index is 12.3. The first-order valence-electron chi connectivity index (χ1n) is 7.83. The number of rotatable bonds is 5. The molecular formula is C18H19N3O3. The Kier molecular flexibility index (Phi) is 4.74. The van der Waals surface area contributed by atoms with Crippen LogP contribution in [0.1, 0.15) is 24.7 Å². The molecule has 6 nitrogen and oxygen atoms in total. The molecule has 24 heavy (non-hydrogen) atoms. The van der Waals surface area contributed by atoms with Crippen molar-refractivity contribution < 1.29 is 14.0 Å².